The highest BCUT2D eigenvalue weighted by atomic mass is 35.5. The molecule has 1 aliphatic carbocycles. The van der Waals surface area contributed by atoms with Crippen LogP contribution in [0, 0.1) is 5.92 Å². The number of anilines is 1. The second-order valence-corrected chi connectivity index (χ2v) is 9.39. The summed E-state index contributed by atoms with van der Waals surface area (Å²) >= 11 is 6.02. The Balaban J connectivity index is 1.88. The lowest BCUT2D eigenvalue weighted by Gasteiger charge is -2.14. The first-order valence-corrected chi connectivity index (χ1v) is 10.7. The average molecular weight is 417 g/mol. The van der Waals surface area contributed by atoms with Crippen molar-refractivity contribution in [3.05, 3.63) is 23.2 Å². The van der Waals surface area contributed by atoms with Crippen LogP contribution in [0.3, 0.4) is 0 Å². The standard InChI is InChI=1S/C18H25ClN2O5S/c1-21(2)27(24,25)14-8-9-15(19)16(11-14)20-17(22)12-26-18(23)10-7-13-5-3-4-6-13/h8-9,11,13H,3-7,10,12H2,1-2H3,(H,20,22). The third-order valence-electron chi connectivity index (χ3n) is 4.59. The van der Waals surface area contributed by atoms with Gasteiger partial charge >= 0.3 is 5.97 Å². The second kappa shape index (κ2) is 9.52. The molecular weight excluding hydrogens is 392 g/mol. The fourth-order valence-electron chi connectivity index (χ4n) is 3.00. The van der Waals surface area contributed by atoms with Crippen LogP contribution in [0.4, 0.5) is 5.69 Å². The van der Waals surface area contributed by atoms with E-state index in [-0.39, 0.29) is 15.6 Å². The minimum Gasteiger partial charge on any atom is -0.456 e. The molecule has 1 fully saturated rings. The van der Waals surface area contributed by atoms with Gasteiger partial charge in [0.25, 0.3) is 5.91 Å². The molecular formula is C18H25ClN2O5S. The molecule has 1 N–H and O–H groups in total. The molecule has 1 amide bonds. The van der Waals surface area contributed by atoms with E-state index in [1.807, 2.05) is 0 Å². The second-order valence-electron chi connectivity index (χ2n) is 6.83. The minimum atomic E-state index is -3.66. The van der Waals surface area contributed by atoms with Gasteiger partial charge in [0.2, 0.25) is 10.0 Å². The van der Waals surface area contributed by atoms with Crippen LogP contribution in [-0.2, 0) is 24.3 Å². The summed E-state index contributed by atoms with van der Waals surface area (Å²) in [6.07, 6.45) is 5.82. The van der Waals surface area contributed by atoms with Crippen molar-refractivity contribution in [2.75, 3.05) is 26.0 Å². The highest BCUT2D eigenvalue weighted by molar-refractivity contribution is 7.89. The summed E-state index contributed by atoms with van der Waals surface area (Å²) in [6.45, 7) is -0.440. The minimum absolute atomic E-state index is 0.000702. The monoisotopic (exact) mass is 416 g/mol. The Hall–Kier alpha value is -1.64. The molecule has 0 aliphatic heterocycles. The third-order valence-corrected chi connectivity index (χ3v) is 6.73. The van der Waals surface area contributed by atoms with E-state index in [0.29, 0.717) is 12.3 Å². The first-order chi connectivity index (χ1) is 12.7. The summed E-state index contributed by atoms with van der Waals surface area (Å²) in [7, 11) is -0.835. The van der Waals surface area contributed by atoms with Gasteiger partial charge < -0.3 is 10.1 Å². The van der Waals surface area contributed by atoms with E-state index >= 15 is 0 Å². The summed E-state index contributed by atoms with van der Waals surface area (Å²) in [6, 6.07) is 4.02. The molecule has 2 rings (SSSR count). The maximum atomic E-state index is 12.2. The summed E-state index contributed by atoms with van der Waals surface area (Å²) in [5.74, 6) is -0.413. The van der Waals surface area contributed by atoms with Crippen molar-refractivity contribution in [1.82, 2.24) is 4.31 Å². The lowest BCUT2D eigenvalue weighted by Crippen LogP contribution is -2.23. The Kier molecular flexibility index (Phi) is 7.64. The van der Waals surface area contributed by atoms with Gasteiger partial charge in [-0.3, -0.25) is 9.59 Å². The molecule has 0 spiro atoms. The van der Waals surface area contributed by atoms with E-state index in [4.69, 9.17) is 16.3 Å². The molecule has 0 saturated heterocycles. The van der Waals surface area contributed by atoms with Crippen LogP contribution in [-0.4, -0.2) is 45.3 Å². The van der Waals surface area contributed by atoms with Crippen molar-refractivity contribution >= 4 is 39.2 Å². The number of benzene rings is 1. The number of esters is 1. The molecule has 0 bridgehead atoms. The summed E-state index contributed by atoms with van der Waals surface area (Å²) in [5, 5.41) is 2.67. The molecule has 9 heteroatoms. The predicted molar refractivity (Wildman–Crippen MR) is 103 cm³/mol. The number of sulfonamides is 1. The number of ether oxygens (including phenoxy) is 1. The van der Waals surface area contributed by atoms with Gasteiger partial charge in [0.1, 0.15) is 0 Å². The van der Waals surface area contributed by atoms with Gasteiger partial charge in [-0.1, -0.05) is 37.3 Å². The van der Waals surface area contributed by atoms with E-state index in [1.165, 1.54) is 45.1 Å². The number of hydrogen-bond acceptors (Lipinski definition) is 5. The van der Waals surface area contributed by atoms with E-state index < -0.39 is 28.5 Å². The van der Waals surface area contributed by atoms with Gasteiger partial charge in [-0.05, 0) is 30.5 Å². The third kappa shape index (κ3) is 6.19. The Bertz CT molecular complexity index is 789. The van der Waals surface area contributed by atoms with Crippen LogP contribution >= 0.6 is 11.6 Å². The highest BCUT2D eigenvalue weighted by Gasteiger charge is 2.20. The Morgan fingerprint density at radius 1 is 1.26 bits per heavy atom. The zero-order chi connectivity index (χ0) is 20.0. The van der Waals surface area contributed by atoms with Gasteiger partial charge in [0.05, 0.1) is 15.6 Å². The number of nitrogens with zero attached hydrogens (tertiary/aromatic N) is 1. The van der Waals surface area contributed by atoms with Gasteiger partial charge in [-0.15, -0.1) is 0 Å². The SMILES string of the molecule is CN(C)S(=O)(=O)c1ccc(Cl)c(NC(=O)COC(=O)CCC2CCCC2)c1. The number of carbonyl (C=O) groups is 2. The number of rotatable bonds is 8. The average Bonchev–Trinajstić information content (AvgIpc) is 3.13. The zero-order valence-corrected chi connectivity index (χ0v) is 17.1. The molecule has 1 saturated carbocycles. The topological polar surface area (TPSA) is 92.8 Å². The fourth-order valence-corrected chi connectivity index (χ4v) is 4.09. The Morgan fingerprint density at radius 3 is 2.56 bits per heavy atom. The van der Waals surface area contributed by atoms with Crippen LogP contribution in [0.1, 0.15) is 38.5 Å². The first kappa shape index (κ1) is 21.7. The molecule has 0 unspecified atom stereocenters. The summed E-state index contributed by atoms with van der Waals surface area (Å²) in [4.78, 5) is 23.8. The highest BCUT2D eigenvalue weighted by Crippen LogP contribution is 2.29. The number of halogens is 1. The summed E-state index contributed by atoms with van der Waals surface area (Å²) in [5.41, 5.74) is 0.145. The molecule has 0 radical (unpaired) electrons. The molecule has 27 heavy (non-hydrogen) atoms. The largest absolute Gasteiger partial charge is 0.456 e. The van der Waals surface area contributed by atoms with Crippen molar-refractivity contribution in [3.8, 4) is 0 Å². The molecule has 1 aromatic carbocycles. The van der Waals surface area contributed by atoms with E-state index in [1.54, 1.807) is 0 Å². The number of nitrogens with one attached hydrogen (secondary N) is 1. The van der Waals surface area contributed by atoms with Crippen molar-refractivity contribution in [1.29, 1.82) is 0 Å². The van der Waals surface area contributed by atoms with Gasteiger partial charge in [0, 0.05) is 20.5 Å². The molecule has 150 valence electrons. The smallest absolute Gasteiger partial charge is 0.306 e. The molecule has 0 heterocycles. The Morgan fingerprint density at radius 2 is 1.93 bits per heavy atom. The molecule has 0 aromatic heterocycles. The molecule has 7 nitrogen and oxygen atoms in total. The van der Waals surface area contributed by atoms with Gasteiger partial charge in [-0.2, -0.15) is 0 Å². The van der Waals surface area contributed by atoms with Gasteiger partial charge in [0.15, 0.2) is 6.61 Å². The normalized spacial score (nSPS) is 15.1. The number of amides is 1. The van der Waals surface area contributed by atoms with Crippen LogP contribution in [0.5, 0.6) is 0 Å². The van der Waals surface area contributed by atoms with Crippen molar-refractivity contribution in [2.45, 2.75) is 43.4 Å². The van der Waals surface area contributed by atoms with Crippen LogP contribution < -0.4 is 5.32 Å². The van der Waals surface area contributed by atoms with Crippen molar-refractivity contribution in [3.63, 3.8) is 0 Å². The van der Waals surface area contributed by atoms with Crippen LogP contribution in [0.2, 0.25) is 5.02 Å². The van der Waals surface area contributed by atoms with E-state index in [0.717, 1.165) is 23.6 Å². The Labute approximate surface area is 165 Å². The maximum Gasteiger partial charge on any atom is 0.306 e. The van der Waals surface area contributed by atoms with Gasteiger partial charge in [-0.25, -0.2) is 12.7 Å². The van der Waals surface area contributed by atoms with Crippen molar-refractivity contribution in [2.24, 2.45) is 5.92 Å². The fraction of sp³-hybridized carbons (Fsp3) is 0.556. The quantitative estimate of drug-likeness (QED) is 0.657. The van der Waals surface area contributed by atoms with Crippen LogP contribution in [0.25, 0.3) is 0 Å². The number of hydrogen-bond donors (Lipinski definition) is 1. The lowest BCUT2D eigenvalue weighted by atomic mass is 10.0. The van der Waals surface area contributed by atoms with E-state index in [9.17, 15) is 18.0 Å². The first-order valence-electron chi connectivity index (χ1n) is 8.87. The molecule has 0 atom stereocenters. The predicted octanol–water partition coefficient (Wildman–Crippen LogP) is 3.04. The summed E-state index contributed by atoms with van der Waals surface area (Å²) < 4.78 is 30.4. The lowest BCUT2D eigenvalue weighted by molar-refractivity contribution is -0.147. The van der Waals surface area contributed by atoms with Crippen LogP contribution in [0.15, 0.2) is 23.1 Å². The maximum absolute atomic E-state index is 12.2. The van der Waals surface area contributed by atoms with E-state index in [2.05, 4.69) is 5.32 Å². The van der Waals surface area contributed by atoms with Crippen molar-refractivity contribution < 1.29 is 22.7 Å². The zero-order valence-electron chi connectivity index (χ0n) is 15.5. The molecule has 1 aliphatic rings. The molecule has 1 aromatic rings. The number of carbonyl (C=O) groups excluding carboxylic acids is 2.